The van der Waals surface area contributed by atoms with Crippen molar-refractivity contribution in [3.8, 4) is 0 Å². The monoisotopic (exact) mass is 322 g/mol. The van der Waals surface area contributed by atoms with E-state index in [1.807, 2.05) is 0 Å². The highest BCUT2D eigenvalue weighted by molar-refractivity contribution is 5.81. The Morgan fingerprint density at radius 2 is 1.91 bits per heavy atom. The molecular weight excluding hydrogens is 307 g/mol. The predicted molar refractivity (Wildman–Crippen MR) is 69.8 cm³/mol. The molecule has 3 atom stereocenters. The van der Waals surface area contributed by atoms with Crippen molar-refractivity contribution < 1.29 is 26.7 Å². The Balaban J connectivity index is 2.04. The molecule has 8 heteroatoms. The maximum atomic E-state index is 13.5. The van der Waals surface area contributed by atoms with Gasteiger partial charge in [0.25, 0.3) is 0 Å². The third kappa shape index (κ3) is 3.73. The van der Waals surface area contributed by atoms with Crippen LogP contribution < -0.4 is 11.1 Å². The van der Waals surface area contributed by atoms with Gasteiger partial charge in [0.15, 0.2) is 0 Å². The normalized spacial score (nSPS) is 29.4. The van der Waals surface area contributed by atoms with Crippen LogP contribution in [0.3, 0.4) is 0 Å². The largest absolute Gasteiger partial charge is 0.421 e. The van der Waals surface area contributed by atoms with Gasteiger partial charge in [0.2, 0.25) is 5.91 Å². The van der Waals surface area contributed by atoms with Crippen molar-refractivity contribution in [3.05, 3.63) is 35.5 Å². The number of hydrogen-bond donors (Lipinski definition) is 2. The lowest BCUT2D eigenvalue weighted by Gasteiger charge is -2.25. The summed E-state index contributed by atoms with van der Waals surface area (Å²) in [7, 11) is 0. The minimum Gasteiger partial charge on any atom is -0.349 e. The van der Waals surface area contributed by atoms with E-state index in [1.165, 1.54) is 0 Å². The van der Waals surface area contributed by atoms with Crippen LogP contribution >= 0.6 is 0 Å². The maximum absolute atomic E-state index is 13.5. The lowest BCUT2D eigenvalue weighted by Crippen LogP contribution is -2.40. The fourth-order valence-corrected chi connectivity index (χ4v) is 2.48. The molecule has 2 aliphatic rings. The van der Waals surface area contributed by atoms with E-state index in [0.29, 0.717) is 18.9 Å². The molecule has 0 saturated heterocycles. The van der Waals surface area contributed by atoms with Crippen molar-refractivity contribution in [2.45, 2.75) is 37.5 Å². The molecule has 0 radical (unpaired) electrons. The van der Waals surface area contributed by atoms with Crippen LogP contribution in [-0.2, 0) is 4.79 Å². The van der Waals surface area contributed by atoms with Crippen LogP contribution in [-0.4, -0.2) is 24.2 Å². The Morgan fingerprint density at radius 3 is 2.41 bits per heavy atom. The van der Waals surface area contributed by atoms with Crippen LogP contribution in [0.5, 0.6) is 0 Å². The van der Waals surface area contributed by atoms with Crippen molar-refractivity contribution in [2.24, 2.45) is 11.7 Å². The first-order chi connectivity index (χ1) is 10.2. The molecule has 0 aromatic carbocycles. The van der Waals surface area contributed by atoms with Gasteiger partial charge in [-0.15, -0.1) is 0 Å². The molecule has 22 heavy (non-hydrogen) atoms. The summed E-state index contributed by atoms with van der Waals surface area (Å²) in [6.45, 7) is 0. The van der Waals surface area contributed by atoms with E-state index >= 15 is 0 Å². The summed E-state index contributed by atoms with van der Waals surface area (Å²) in [5.74, 6) is -4.30. The van der Waals surface area contributed by atoms with Crippen LogP contribution in [0.2, 0.25) is 0 Å². The molecule has 3 nitrogen and oxygen atoms in total. The summed E-state index contributed by atoms with van der Waals surface area (Å²) in [6.07, 6.45) is -0.897. The quantitative estimate of drug-likeness (QED) is 0.607. The number of halogens is 5. The molecule has 0 fully saturated rings. The Kier molecular flexibility index (Phi) is 4.69. The summed E-state index contributed by atoms with van der Waals surface area (Å²) >= 11 is 0. The van der Waals surface area contributed by atoms with Crippen LogP contribution in [0.25, 0.3) is 0 Å². The first kappa shape index (κ1) is 16.7. The van der Waals surface area contributed by atoms with E-state index in [2.05, 4.69) is 5.32 Å². The summed E-state index contributed by atoms with van der Waals surface area (Å²) in [5.41, 5.74) is 3.73. The zero-order valence-electron chi connectivity index (χ0n) is 11.5. The molecule has 0 aliphatic heterocycles. The standard InChI is InChI=1S/C14H15F5N2O/c15-10-5-9(6-11(16)12(10)14(17,18)19)21-13(22)7-1-3-8(20)4-2-7/h1,3,5,7-9H,2,4,6,20H2,(H,21,22). The average molecular weight is 322 g/mol. The maximum Gasteiger partial charge on any atom is 0.421 e. The van der Waals surface area contributed by atoms with E-state index in [1.54, 1.807) is 12.2 Å². The van der Waals surface area contributed by atoms with Gasteiger partial charge in [-0.2, -0.15) is 13.2 Å². The minimum absolute atomic E-state index is 0.134. The third-order valence-corrected chi connectivity index (χ3v) is 3.61. The van der Waals surface area contributed by atoms with E-state index in [-0.39, 0.29) is 6.04 Å². The number of amides is 1. The second-order valence-electron chi connectivity index (χ2n) is 5.34. The van der Waals surface area contributed by atoms with Crippen molar-refractivity contribution in [1.82, 2.24) is 5.32 Å². The van der Waals surface area contributed by atoms with Gasteiger partial charge in [0.1, 0.15) is 17.2 Å². The van der Waals surface area contributed by atoms with Gasteiger partial charge < -0.3 is 11.1 Å². The molecule has 122 valence electrons. The first-order valence-electron chi connectivity index (χ1n) is 6.76. The van der Waals surface area contributed by atoms with E-state index in [4.69, 9.17) is 5.73 Å². The van der Waals surface area contributed by atoms with Gasteiger partial charge in [-0.25, -0.2) is 8.78 Å². The lowest BCUT2D eigenvalue weighted by molar-refractivity contribution is -0.124. The summed E-state index contributed by atoms with van der Waals surface area (Å²) in [5, 5.41) is 2.35. The Bertz CT molecular complexity index is 550. The third-order valence-electron chi connectivity index (χ3n) is 3.61. The van der Waals surface area contributed by atoms with Gasteiger partial charge in [0.05, 0.1) is 12.0 Å². The number of rotatable bonds is 2. The highest BCUT2D eigenvalue weighted by atomic mass is 19.4. The lowest BCUT2D eigenvalue weighted by atomic mass is 9.92. The van der Waals surface area contributed by atoms with E-state index < -0.39 is 47.7 Å². The van der Waals surface area contributed by atoms with Crippen molar-refractivity contribution in [2.75, 3.05) is 0 Å². The number of hydrogen-bond acceptors (Lipinski definition) is 2. The van der Waals surface area contributed by atoms with Crippen LogP contribution in [0.1, 0.15) is 19.3 Å². The zero-order chi connectivity index (χ0) is 16.5. The smallest absolute Gasteiger partial charge is 0.349 e. The molecule has 0 spiro atoms. The van der Waals surface area contributed by atoms with Crippen LogP contribution in [0, 0.1) is 5.92 Å². The van der Waals surface area contributed by atoms with Gasteiger partial charge >= 0.3 is 6.18 Å². The van der Waals surface area contributed by atoms with E-state index in [9.17, 15) is 26.7 Å². The fourth-order valence-electron chi connectivity index (χ4n) is 2.48. The number of alkyl halides is 3. The van der Waals surface area contributed by atoms with Gasteiger partial charge in [-0.05, 0) is 18.9 Å². The Hall–Kier alpha value is -1.70. The molecule has 0 aromatic heterocycles. The number of nitrogens with two attached hydrogens (primary N) is 1. The number of allylic oxidation sites excluding steroid dienone is 2. The van der Waals surface area contributed by atoms with Crippen molar-refractivity contribution in [3.63, 3.8) is 0 Å². The molecule has 2 rings (SSSR count). The first-order valence-corrected chi connectivity index (χ1v) is 6.76. The average Bonchev–Trinajstić information content (AvgIpc) is 2.36. The molecule has 0 heterocycles. The van der Waals surface area contributed by atoms with Crippen molar-refractivity contribution >= 4 is 5.91 Å². The molecule has 0 saturated carbocycles. The topological polar surface area (TPSA) is 55.1 Å². The van der Waals surface area contributed by atoms with Crippen LogP contribution in [0.15, 0.2) is 35.5 Å². The second kappa shape index (κ2) is 6.20. The molecule has 1 amide bonds. The zero-order valence-corrected chi connectivity index (χ0v) is 11.5. The van der Waals surface area contributed by atoms with Gasteiger partial charge in [0, 0.05) is 12.5 Å². The number of nitrogens with one attached hydrogen (secondary N) is 1. The van der Waals surface area contributed by atoms with Crippen molar-refractivity contribution in [1.29, 1.82) is 0 Å². The minimum atomic E-state index is -5.10. The van der Waals surface area contributed by atoms with Gasteiger partial charge in [-0.3, -0.25) is 4.79 Å². The molecule has 2 aliphatic carbocycles. The Morgan fingerprint density at radius 1 is 1.23 bits per heavy atom. The summed E-state index contributed by atoms with van der Waals surface area (Å²) in [6, 6.07) is -1.27. The van der Waals surface area contributed by atoms with Gasteiger partial charge in [-0.1, -0.05) is 12.2 Å². The molecule has 0 bridgehead atoms. The highest BCUT2D eigenvalue weighted by Crippen LogP contribution is 2.39. The SMILES string of the molecule is NC1C=CC(C(=O)NC2C=C(F)C(C(F)(F)F)=C(F)C2)CC1. The van der Waals surface area contributed by atoms with E-state index in [0.717, 1.165) is 0 Å². The Labute approximate surface area is 123 Å². The molecule has 3 unspecified atom stereocenters. The van der Waals surface area contributed by atoms with Crippen LogP contribution in [0.4, 0.5) is 22.0 Å². The fraction of sp³-hybridized carbons (Fsp3) is 0.500. The molecule has 3 N–H and O–H groups in total. The second-order valence-corrected chi connectivity index (χ2v) is 5.34. The summed E-state index contributed by atoms with van der Waals surface area (Å²) < 4.78 is 64.4. The number of carbonyl (C=O) groups excluding carboxylic acids is 1. The molecular formula is C14H15F5N2O. The number of carbonyl (C=O) groups is 1. The predicted octanol–water partition coefficient (Wildman–Crippen LogP) is 2.81. The summed E-state index contributed by atoms with van der Waals surface area (Å²) in [4.78, 5) is 11.9. The highest BCUT2D eigenvalue weighted by Gasteiger charge is 2.42. The molecule has 0 aromatic rings.